The number of phenols is 1. The minimum atomic E-state index is 0.273. The first-order chi connectivity index (χ1) is 6.15. The molecule has 0 aliphatic heterocycles. The summed E-state index contributed by atoms with van der Waals surface area (Å²) in [6, 6.07) is 3.73. The van der Waals surface area contributed by atoms with Gasteiger partial charge in [-0.05, 0) is 46.5 Å². The molecule has 2 nitrogen and oxygen atoms in total. The summed E-state index contributed by atoms with van der Waals surface area (Å²) in [6.45, 7) is 1.84. The minimum absolute atomic E-state index is 0.273. The van der Waals surface area contributed by atoms with Crippen LogP contribution in [-0.4, -0.2) is 11.4 Å². The molecule has 0 aliphatic rings. The molecule has 0 atom stereocenters. The van der Waals surface area contributed by atoms with Crippen molar-refractivity contribution in [3.05, 3.63) is 27.7 Å². The van der Waals surface area contributed by atoms with Gasteiger partial charge in [0.05, 0.1) is 4.47 Å². The van der Waals surface area contributed by atoms with Crippen LogP contribution in [0.4, 0.5) is 0 Å². The SMILES string of the molecule is Cc1cc(CCC=O)cc(Br)c1O. The zero-order chi connectivity index (χ0) is 9.84. The van der Waals surface area contributed by atoms with E-state index in [9.17, 15) is 9.90 Å². The third-order valence-electron chi connectivity index (χ3n) is 1.86. The van der Waals surface area contributed by atoms with Gasteiger partial charge in [0.1, 0.15) is 12.0 Å². The van der Waals surface area contributed by atoms with Crippen LogP contribution in [0.25, 0.3) is 0 Å². The smallest absolute Gasteiger partial charge is 0.132 e. The number of halogens is 1. The minimum Gasteiger partial charge on any atom is -0.506 e. The van der Waals surface area contributed by atoms with Gasteiger partial charge in [0.15, 0.2) is 0 Å². The highest BCUT2D eigenvalue weighted by Gasteiger charge is 2.03. The molecule has 1 aromatic carbocycles. The number of benzene rings is 1. The third-order valence-corrected chi connectivity index (χ3v) is 2.47. The lowest BCUT2D eigenvalue weighted by atomic mass is 10.1. The van der Waals surface area contributed by atoms with Crippen molar-refractivity contribution in [1.82, 2.24) is 0 Å². The highest BCUT2D eigenvalue weighted by atomic mass is 79.9. The summed E-state index contributed by atoms with van der Waals surface area (Å²) < 4.78 is 0.688. The standard InChI is InChI=1S/C10H11BrO2/c1-7-5-8(3-2-4-12)6-9(11)10(7)13/h4-6,13H,2-3H2,1H3. The second-order valence-corrected chi connectivity index (χ2v) is 3.80. The highest BCUT2D eigenvalue weighted by Crippen LogP contribution is 2.28. The molecular weight excluding hydrogens is 232 g/mol. The second-order valence-electron chi connectivity index (χ2n) is 2.95. The average molecular weight is 243 g/mol. The summed E-state index contributed by atoms with van der Waals surface area (Å²) in [6.07, 6.45) is 2.15. The average Bonchev–Trinajstić information content (AvgIpc) is 2.10. The Morgan fingerprint density at radius 1 is 1.54 bits per heavy atom. The van der Waals surface area contributed by atoms with Gasteiger partial charge in [-0.15, -0.1) is 0 Å². The number of carbonyl (C=O) groups is 1. The quantitative estimate of drug-likeness (QED) is 0.828. The van der Waals surface area contributed by atoms with Gasteiger partial charge in [-0.25, -0.2) is 0 Å². The molecule has 0 saturated heterocycles. The van der Waals surface area contributed by atoms with E-state index in [4.69, 9.17) is 0 Å². The van der Waals surface area contributed by atoms with Crippen molar-refractivity contribution in [3.8, 4) is 5.75 Å². The summed E-state index contributed by atoms with van der Waals surface area (Å²) >= 11 is 3.25. The molecule has 1 aromatic rings. The van der Waals surface area contributed by atoms with Crippen molar-refractivity contribution in [2.75, 3.05) is 0 Å². The van der Waals surface area contributed by atoms with Crippen LogP contribution in [0.1, 0.15) is 17.5 Å². The number of hydrogen-bond donors (Lipinski definition) is 1. The van der Waals surface area contributed by atoms with Crippen LogP contribution in [0.2, 0.25) is 0 Å². The lowest BCUT2D eigenvalue weighted by molar-refractivity contribution is -0.107. The zero-order valence-electron chi connectivity index (χ0n) is 7.38. The molecule has 0 spiro atoms. The van der Waals surface area contributed by atoms with E-state index < -0.39 is 0 Å². The van der Waals surface area contributed by atoms with Gasteiger partial charge >= 0.3 is 0 Å². The van der Waals surface area contributed by atoms with Gasteiger partial charge in [0.25, 0.3) is 0 Å². The monoisotopic (exact) mass is 242 g/mol. The molecule has 0 unspecified atom stereocenters. The first-order valence-corrected chi connectivity index (χ1v) is 4.86. The summed E-state index contributed by atoms with van der Waals surface area (Å²) in [4.78, 5) is 10.2. The van der Waals surface area contributed by atoms with Crippen molar-refractivity contribution < 1.29 is 9.90 Å². The van der Waals surface area contributed by atoms with Gasteiger partial charge in [0, 0.05) is 6.42 Å². The van der Waals surface area contributed by atoms with E-state index in [0.717, 1.165) is 23.8 Å². The van der Waals surface area contributed by atoms with Crippen LogP contribution in [0.15, 0.2) is 16.6 Å². The number of rotatable bonds is 3. The Hall–Kier alpha value is -0.830. The largest absolute Gasteiger partial charge is 0.506 e. The van der Waals surface area contributed by atoms with Crippen LogP contribution >= 0.6 is 15.9 Å². The Morgan fingerprint density at radius 2 is 2.23 bits per heavy atom. The number of phenolic OH excluding ortho intramolecular Hbond substituents is 1. The first kappa shape index (κ1) is 10.3. The number of hydrogen-bond acceptors (Lipinski definition) is 2. The molecule has 0 aliphatic carbocycles. The van der Waals surface area contributed by atoms with E-state index in [1.54, 1.807) is 0 Å². The van der Waals surface area contributed by atoms with Crippen molar-refractivity contribution in [2.45, 2.75) is 19.8 Å². The van der Waals surface area contributed by atoms with E-state index in [0.29, 0.717) is 10.9 Å². The normalized spacial score (nSPS) is 10.0. The maximum atomic E-state index is 10.2. The molecule has 0 amide bonds. The van der Waals surface area contributed by atoms with Crippen LogP contribution in [-0.2, 0) is 11.2 Å². The van der Waals surface area contributed by atoms with Crippen molar-refractivity contribution in [3.63, 3.8) is 0 Å². The molecule has 1 N–H and O–H groups in total. The van der Waals surface area contributed by atoms with Gasteiger partial charge < -0.3 is 9.90 Å². The molecule has 3 heteroatoms. The Labute approximate surface area is 85.7 Å². The van der Waals surface area contributed by atoms with E-state index >= 15 is 0 Å². The predicted octanol–water partition coefficient (Wildman–Crippen LogP) is 2.59. The van der Waals surface area contributed by atoms with Crippen LogP contribution in [0, 0.1) is 6.92 Å². The third kappa shape index (κ3) is 2.56. The lowest BCUT2D eigenvalue weighted by Crippen LogP contribution is -1.88. The fraction of sp³-hybridized carbons (Fsp3) is 0.300. The molecule has 0 radical (unpaired) electrons. The van der Waals surface area contributed by atoms with Crippen molar-refractivity contribution in [2.24, 2.45) is 0 Å². The Bertz CT molecular complexity index is 298. The van der Waals surface area contributed by atoms with E-state index in [2.05, 4.69) is 15.9 Å². The second kappa shape index (κ2) is 4.42. The van der Waals surface area contributed by atoms with Gasteiger partial charge in [-0.2, -0.15) is 0 Å². The van der Waals surface area contributed by atoms with E-state index in [1.165, 1.54) is 0 Å². The predicted molar refractivity (Wildman–Crippen MR) is 54.9 cm³/mol. The topological polar surface area (TPSA) is 37.3 Å². The maximum absolute atomic E-state index is 10.2. The number of aldehydes is 1. The summed E-state index contributed by atoms with van der Waals surface area (Å²) in [7, 11) is 0. The molecule has 13 heavy (non-hydrogen) atoms. The van der Waals surface area contributed by atoms with Crippen LogP contribution in [0.5, 0.6) is 5.75 Å². The zero-order valence-corrected chi connectivity index (χ0v) is 8.97. The molecule has 70 valence electrons. The summed E-state index contributed by atoms with van der Waals surface area (Å²) in [5.41, 5.74) is 1.89. The summed E-state index contributed by atoms with van der Waals surface area (Å²) in [5, 5.41) is 9.44. The molecule has 0 aromatic heterocycles. The van der Waals surface area contributed by atoms with Crippen molar-refractivity contribution in [1.29, 1.82) is 0 Å². The molecule has 0 fully saturated rings. The molecular formula is C10H11BrO2. The maximum Gasteiger partial charge on any atom is 0.132 e. The number of aryl methyl sites for hydroxylation is 2. The Kier molecular flexibility index (Phi) is 3.48. The Morgan fingerprint density at radius 3 is 2.77 bits per heavy atom. The van der Waals surface area contributed by atoms with Crippen LogP contribution in [0.3, 0.4) is 0 Å². The van der Waals surface area contributed by atoms with Gasteiger partial charge in [-0.3, -0.25) is 0 Å². The fourth-order valence-corrected chi connectivity index (χ4v) is 1.78. The number of carbonyl (C=O) groups excluding carboxylic acids is 1. The molecule has 0 bridgehead atoms. The fourth-order valence-electron chi connectivity index (χ4n) is 1.18. The number of aromatic hydroxyl groups is 1. The van der Waals surface area contributed by atoms with Gasteiger partial charge in [0.2, 0.25) is 0 Å². The van der Waals surface area contributed by atoms with Crippen molar-refractivity contribution >= 4 is 22.2 Å². The van der Waals surface area contributed by atoms with Gasteiger partial charge in [-0.1, -0.05) is 6.07 Å². The molecule has 1 rings (SSSR count). The van der Waals surface area contributed by atoms with E-state index in [1.807, 2.05) is 19.1 Å². The Balaban J connectivity index is 2.92. The van der Waals surface area contributed by atoms with E-state index in [-0.39, 0.29) is 5.75 Å². The van der Waals surface area contributed by atoms with Crippen LogP contribution < -0.4 is 0 Å². The lowest BCUT2D eigenvalue weighted by Gasteiger charge is -2.05. The molecule has 0 heterocycles. The molecule has 0 saturated carbocycles. The first-order valence-electron chi connectivity index (χ1n) is 4.06. The summed E-state index contributed by atoms with van der Waals surface area (Å²) in [5.74, 6) is 0.273. The highest BCUT2D eigenvalue weighted by molar-refractivity contribution is 9.10.